The van der Waals surface area contributed by atoms with E-state index in [-0.39, 0.29) is 24.4 Å². The third-order valence-corrected chi connectivity index (χ3v) is 3.70. The van der Waals surface area contributed by atoms with Gasteiger partial charge in [0.25, 0.3) is 5.91 Å². The minimum absolute atomic E-state index is 0.0504. The molecule has 1 aromatic heterocycles. The standard InChI is InChI=1S/C13H19N3O3.C2HF3O2/c1-8(2)12-14-6-10(15-12)13(19)16(7-11(17)18)9-4-3-5-9;3-2(4,5)1(6)7/h6,8-9H,3-5,7H2,1-2H3,(H,14,15)(H,17,18);(H,6,7). The minimum atomic E-state index is -5.08. The number of H-pyrrole nitrogens is 1. The molecule has 1 aromatic rings. The number of aromatic nitrogens is 2. The molecule has 0 aromatic carbocycles. The zero-order chi connectivity index (χ0) is 20.1. The van der Waals surface area contributed by atoms with Crippen molar-refractivity contribution in [2.75, 3.05) is 6.54 Å². The number of aromatic amines is 1. The number of hydrogen-bond acceptors (Lipinski definition) is 4. The predicted molar refractivity (Wildman–Crippen MR) is 82.7 cm³/mol. The second-order valence-corrected chi connectivity index (χ2v) is 6.05. The van der Waals surface area contributed by atoms with E-state index in [1.165, 1.54) is 11.1 Å². The lowest BCUT2D eigenvalue weighted by atomic mass is 9.91. The summed E-state index contributed by atoms with van der Waals surface area (Å²) in [6, 6.07) is 0.0504. The number of nitrogens with one attached hydrogen (secondary N) is 1. The van der Waals surface area contributed by atoms with Crippen LogP contribution in [0.15, 0.2) is 6.20 Å². The topological polar surface area (TPSA) is 124 Å². The Morgan fingerprint density at radius 1 is 1.31 bits per heavy atom. The number of carbonyl (C=O) groups is 3. The van der Waals surface area contributed by atoms with Crippen molar-refractivity contribution in [3.8, 4) is 0 Å². The summed E-state index contributed by atoms with van der Waals surface area (Å²) in [5.74, 6) is -3.06. The first-order chi connectivity index (χ1) is 11.9. The van der Waals surface area contributed by atoms with Crippen LogP contribution in [0.1, 0.15) is 55.3 Å². The fourth-order valence-corrected chi connectivity index (χ4v) is 2.10. The van der Waals surface area contributed by atoms with E-state index in [1.807, 2.05) is 13.8 Å². The normalized spacial score (nSPS) is 14.2. The fourth-order valence-electron chi connectivity index (χ4n) is 2.10. The summed E-state index contributed by atoms with van der Waals surface area (Å²) in [6.45, 7) is 3.71. The maximum atomic E-state index is 12.3. The number of carbonyl (C=O) groups excluding carboxylic acids is 1. The van der Waals surface area contributed by atoms with Crippen molar-refractivity contribution in [3.05, 3.63) is 17.7 Å². The smallest absolute Gasteiger partial charge is 0.480 e. The van der Waals surface area contributed by atoms with E-state index in [0.29, 0.717) is 5.69 Å². The van der Waals surface area contributed by atoms with Crippen LogP contribution < -0.4 is 0 Å². The summed E-state index contributed by atoms with van der Waals surface area (Å²) in [6.07, 6.45) is -0.784. The van der Waals surface area contributed by atoms with Crippen molar-refractivity contribution in [1.82, 2.24) is 14.9 Å². The molecule has 26 heavy (non-hydrogen) atoms. The lowest BCUT2D eigenvalue weighted by Crippen LogP contribution is -2.46. The zero-order valence-electron chi connectivity index (χ0n) is 14.2. The molecule has 0 bridgehead atoms. The summed E-state index contributed by atoms with van der Waals surface area (Å²) in [5, 5.41) is 16.0. The first kappa shape index (κ1) is 21.5. The van der Waals surface area contributed by atoms with Crippen molar-refractivity contribution in [1.29, 1.82) is 0 Å². The first-order valence-corrected chi connectivity index (χ1v) is 7.81. The number of aliphatic carboxylic acids is 2. The molecule has 1 aliphatic carbocycles. The Hall–Kier alpha value is -2.59. The molecule has 0 saturated heterocycles. The van der Waals surface area contributed by atoms with Crippen molar-refractivity contribution in [2.24, 2.45) is 0 Å². The number of carboxylic acid groups (broad SMARTS) is 2. The van der Waals surface area contributed by atoms with Gasteiger partial charge >= 0.3 is 18.1 Å². The number of amides is 1. The molecule has 0 radical (unpaired) electrons. The number of alkyl halides is 3. The van der Waals surface area contributed by atoms with Crippen molar-refractivity contribution in [3.63, 3.8) is 0 Å². The highest BCUT2D eigenvalue weighted by atomic mass is 19.4. The fraction of sp³-hybridized carbons (Fsp3) is 0.600. The largest absolute Gasteiger partial charge is 0.490 e. The van der Waals surface area contributed by atoms with Gasteiger partial charge in [0.05, 0.1) is 6.20 Å². The zero-order valence-corrected chi connectivity index (χ0v) is 14.2. The van der Waals surface area contributed by atoms with Gasteiger partial charge in [-0.3, -0.25) is 9.59 Å². The summed E-state index contributed by atoms with van der Waals surface area (Å²) >= 11 is 0. The van der Waals surface area contributed by atoms with E-state index in [0.717, 1.165) is 25.1 Å². The molecule has 2 rings (SSSR count). The van der Waals surface area contributed by atoms with E-state index in [2.05, 4.69) is 9.97 Å². The Kier molecular flexibility index (Phi) is 7.16. The van der Waals surface area contributed by atoms with Crippen LogP contribution in [0, 0.1) is 0 Å². The lowest BCUT2D eigenvalue weighted by Gasteiger charge is -2.36. The van der Waals surface area contributed by atoms with Gasteiger partial charge in [-0.2, -0.15) is 13.2 Å². The third-order valence-electron chi connectivity index (χ3n) is 3.70. The average Bonchev–Trinajstić information content (AvgIpc) is 2.93. The van der Waals surface area contributed by atoms with Crippen LogP contribution in [0.25, 0.3) is 0 Å². The molecule has 1 fully saturated rings. The molecule has 0 aliphatic heterocycles. The molecule has 11 heteroatoms. The molecular weight excluding hydrogens is 359 g/mol. The Balaban J connectivity index is 0.000000412. The third kappa shape index (κ3) is 6.05. The van der Waals surface area contributed by atoms with Crippen molar-refractivity contribution >= 4 is 17.8 Å². The number of imidazole rings is 1. The molecule has 1 amide bonds. The number of carboxylic acids is 2. The van der Waals surface area contributed by atoms with Crippen LogP contribution in [0.4, 0.5) is 13.2 Å². The summed E-state index contributed by atoms with van der Waals surface area (Å²) in [7, 11) is 0. The average molecular weight is 379 g/mol. The van der Waals surface area contributed by atoms with Gasteiger partial charge in [-0.15, -0.1) is 0 Å². The van der Waals surface area contributed by atoms with Gasteiger partial charge in [0.2, 0.25) is 0 Å². The van der Waals surface area contributed by atoms with Gasteiger partial charge < -0.3 is 20.1 Å². The van der Waals surface area contributed by atoms with E-state index in [9.17, 15) is 22.8 Å². The van der Waals surface area contributed by atoms with Crippen LogP contribution in [-0.4, -0.2) is 61.7 Å². The van der Waals surface area contributed by atoms with Crippen LogP contribution in [0.5, 0.6) is 0 Å². The van der Waals surface area contributed by atoms with Crippen LogP contribution in [-0.2, 0) is 9.59 Å². The van der Waals surface area contributed by atoms with E-state index >= 15 is 0 Å². The molecule has 3 N–H and O–H groups in total. The minimum Gasteiger partial charge on any atom is -0.480 e. The van der Waals surface area contributed by atoms with Gasteiger partial charge in [-0.25, -0.2) is 9.78 Å². The molecule has 1 heterocycles. The second kappa shape index (κ2) is 8.68. The molecule has 0 atom stereocenters. The quantitative estimate of drug-likeness (QED) is 0.721. The molecular formula is C15H20F3N3O5. The Labute approximate surface area is 147 Å². The second-order valence-electron chi connectivity index (χ2n) is 6.05. The Morgan fingerprint density at radius 3 is 2.15 bits per heavy atom. The highest BCUT2D eigenvalue weighted by Gasteiger charge is 2.38. The first-order valence-electron chi connectivity index (χ1n) is 7.81. The summed E-state index contributed by atoms with van der Waals surface area (Å²) in [4.78, 5) is 40.7. The van der Waals surface area contributed by atoms with E-state index in [1.54, 1.807) is 0 Å². The maximum Gasteiger partial charge on any atom is 0.490 e. The SMILES string of the molecule is CC(C)c1ncc(C(=O)N(CC(=O)O)C2CCC2)[nH]1.O=C(O)C(F)(F)F. The summed E-state index contributed by atoms with van der Waals surface area (Å²) in [5.41, 5.74) is 0.372. The summed E-state index contributed by atoms with van der Waals surface area (Å²) < 4.78 is 31.7. The van der Waals surface area contributed by atoms with Gasteiger partial charge in [0.1, 0.15) is 18.1 Å². The molecule has 146 valence electrons. The lowest BCUT2D eigenvalue weighted by molar-refractivity contribution is -0.192. The van der Waals surface area contributed by atoms with E-state index < -0.39 is 18.1 Å². The van der Waals surface area contributed by atoms with Gasteiger partial charge in [-0.1, -0.05) is 13.8 Å². The monoisotopic (exact) mass is 379 g/mol. The van der Waals surface area contributed by atoms with Crippen molar-refractivity contribution < 1.29 is 37.8 Å². The molecule has 1 aliphatic rings. The molecule has 8 nitrogen and oxygen atoms in total. The van der Waals surface area contributed by atoms with Crippen molar-refractivity contribution in [2.45, 2.75) is 51.2 Å². The number of hydrogen-bond donors (Lipinski definition) is 3. The van der Waals surface area contributed by atoms with E-state index in [4.69, 9.17) is 15.0 Å². The highest BCUT2D eigenvalue weighted by Crippen LogP contribution is 2.26. The van der Waals surface area contributed by atoms with Gasteiger partial charge in [0, 0.05) is 12.0 Å². The highest BCUT2D eigenvalue weighted by molar-refractivity contribution is 5.94. The van der Waals surface area contributed by atoms with Gasteiger partial charge in [-0.05, 0) is 19.3 Å². The van der Waals surface area contributed by atoms with Crippen LogP contribution >= 0.6 is 0 Å². The predicted octanol–water partition coefficient (Wildman–Crippen LogP) is 2.25. The Morgan fingerprint density at radius 2 is 1.85 bits per heavy atom. The van der Waals surface area contributed by atoms with Crippen LogP contribution in [0.2, 0.25) is 0 Å². The van der Waals surface area contributed by atoms with Crippen LogP contribution in [0.3, 0.4) is 0 Å². The number of rotatable bonds is 5. The molecule has 0 spiro atoms. The maximum absolute atomic E-state index is 12.3. The molecule has 1 saturated carbocycles. The molecule has 0 unspecified atom stereocenters. The number of halogens is 3. The number of nitrogens with zero attached hydrogens (tertiary/aromatic N) is 2. The van der Waals surface area contributed by atoms with Gasteiger partial charge in [0.15, 0.2) is 0 Å². The Bertz CT molecular complexity index is 653.